The third-order valence-corrected chi connectivity index (χ3v) is 4.34. The number of hydrogen-bond donors (Lipinski definition) is 1. The molecule has 0 saturated carbocycles. The summed E-state index contributed by atoms with van der Waals surface area (Å²) < 4.78 is 10.9. The van der Waals surface area contributed by atoms with Crippen LogP contribution in [0.3, 0.4) is 0 Å². The first-order chi connectivity index (χ1) is 8.85. The summed E-state index contributed by atoms with van der Waals surface area (Å²) in [7, 11) is 1.72. The average Bonchev–Trinajstić information content (AvgIpc) is 2.39. The number of methoxy groups -OCH3 is 1. The topological polar surface area (TPSA) is 30.5 Å². The molecule has 1 aromatic rings. The van der Waals surface area contributed by atoms with E-state index in [1.165, 1.54) is 24.8 Å². The van der Waals surface area contributed by atoms with Crippen molar-refractivity contribution in [2.45, 2.75) is 30.7 Å². The molecule has 0 spiro atoms. The number of rotatable bonds is 3. The summed E-state index contributed by atoms with van der Waals surface area (Å²) in [5.74, 6) is 0.939. The zero-order chi connectivity index (χ0) is 12.4. The number of ether oxygens (including phenoxy) is 2. The monoisotopic (exact) mass is 247 g/mol. The Balaban J connectivity index is 1.89. The van der Waals surface area contributed by atoms with Crippen molar-refractivity contribution in [2.24, 2.45) is 0 Å². The van der Waals surface area contributed by atoms with E-state index in [0.29, 0.717) is 6.04 Å². The molecule has 2 aliphatic heterocycles. The fraction of sp³-hybridized carbons (Fsp3) is 0.600. The van der Waals surface area contributed by atoms with Crippen LogP contribution in [0.2, 0.25) is 0 Å². The first-order valence-corrected chi connectivity index (χ1v) is 6.81. The highest BCUT2D eigenvalue weighted by atomic mass is 16.5. The summed E-state index contributed by atoms with van der Waals surface area (Å²) in [5.41, 5.74) is 1.52. The van der Waals surface area contributed by atoms with E-state index in [1.54, 1.807) is 7.11 Å². The Bertz CT molecular complexity index is 409. The zero-order valence-corrected chi connectivity index (χ0v) is 10.9. The summed E-state index contributed by atoms with van der Waals surface area (Å²) in [6.07, 6.45) is 3.87. The van der Waals surface area contributed by atoms with Crippen LogP contribution in [0.25, 0.3) is 0 Å². The second-order valence-corrected chi connectivity index (χ2v) is 5.38. The molecule has 2 aliphatic rings. The highest BCUT2D eigenvalue weighted by molar-refractivity contribution is 5.37. The van der Waals surface area contributed by atoms with Crippen molar-refractivity contribution in [3.63, 3.8) is 0 Å². The minimum atomic E-state index is 0.162. The van der Waals surface area contributed by atoms with Crippen molar-refractivity contribution in [2.75, 3.05) is 26.9 Å². The molecule has 1 atom stereocenters. The van der Waals surface area contributed by atoms with E-state index in [9.17, 15) is 0 Å². The van der Waals surface area contributed by atoms with Crippen LogP contribution in [0.15, 0.2) is 24.3 Å². The maximum atomic E-state index is 5.54. The molecule has 2 heterocycles. The van der Waals surface area contributed by atoms with Crippen LogP contribution in [-0.2, 0) is 10.2 Å². The zero-order valence-electron chi connectivity index (χ0n) is 10.9. The van der Waals surface area contributed by atoms with Gasteiger partial charge < -0.3 is 14.8 Å². The molecule has 0 bridgehead atoms. The first-order valence-electron chi connectivity index (χ1n) is 6.81. The Morgan fingerprint density at radius 2 is 2.22 bits per heavy atom. The fourth-order valence-electron chi connectivity index (χ4n) is 3.15. The Kier molecular flexibility index (Phi) is 3.27. The van der Waals surface area contributed by atoms with Gasteiger partial charge in [-0.1, -0.05) is 18.6 Å². The summed E-state index contributed by atoms with van der Waals surface area (Å²) in [5, 5.41) is 3.68. The standard InChI is InChI=1S/C15H21NO2/c1-17-13-6-4-5-12(9-13)15(10-18-11-15)14-7-2-3-8-16-14/h4-6,9,14,16H,2-3,7-8,10-11H2,1H3. The molecule has 0 radical (unpaired) electrons. The molecule has 0 aromatic heterocycles. The lowest BCUT2D eigenvalue weighted by molar-refractivity contribution is -0.0827. The molecule has 2 saturated heterocycles. The lowest BCUT2D eigenvalue weighted by Crippen LogP contribution is -2.61. The van der Waals surface area contributed by atoms with Gasteiger partial charge in [-0.15, -0.1) is 0 Å². The lowest BCUT2D eigenvalue weighted by atomic mass is 9.70. The molecule has 0 aliphatic carbocycles. The molecular formula is C15H21NO2. The Hall–Kier alpha value is -1.06. The molecule has 3 rings (SSSR count). The number of piperidine rings is 1. The highest BCUT2D eigenvalue weighted by Crippen LogP contribution is 2.39. The van der Waals surface area contributed by atoms with Gasteiger partial charge in [0.15, 0.2) is 0 Å². The van der Waals surface area contributed by atoms with Crippen molar-refractivity contribution in [1.29, 1.82) is 0 Å². The van der Waals surface area contributed by atoms with Crippen LogP contribution in [0.1, 0.15) is 24.8 Å². The smallest absolute Gasteiger partial charge is 0.119 e. The summed E-state index contributed by atoms with van der Waals surface area (Å²) >= 11 is 0. The van der Waals surface area contributed by atoms with Gasteiger partial charge in [0.1, 0.15) is 5.75 Å². The van der Waals surface area contributed by atoms with Crippen molar-refractivity contribution in [1.82, 2.24) is 5.32 Å². The summed E-state index contributed by atoms with van der Waals surface area (Å²) in [6.45, 7) is 2.80. The number of benzene rings is 1. The maximum absolute atomic E-state index is 5.54. The molecule has 0 amide bonds. The molecule has 18 heavy (non-hydrogen) atoms. The van der Waals surface area contributed by atoms with Gasteiger partial charge in [0.25, 0.3) is 0 Å². The second-order valence-electron chi connectivity index (χ2n) is 5.38. The van der Waals surface area contributed by atoms with Gasteiger partial charge in [0, 0.05) is 6.04 Å². The average molecular weight is 247 g/mol. The van der Waals surface area contributed by atoms with Crippen molar-refractivity contribution >= 4 is 0 Å². The third-order valence-electron chi connectivity index (χ3n) is 4.34. The molecular weight excluding hydrogens is 226 g/mol. The molecule has 3 nitrogen and oxygen atoms in total. The van der Waals surface area contributed by atoms with E-state index in [2.05, 4.69) is 23.5 Å². The van der Waals surface area contributed by atoms with Crippen LogP contribution >= 0.6 is 0 Å². The largest absolute Gasteiger partial charge is 0.497 e. The van der Waals surface area contributed by atoms with Gasteiger partial charge >= 0.3 is 0 Å². The summed E-state index contributed by atoms with van der Waals surface area (Å²) in [4.78, 5) is 0. The van der Waals surface area contributed by atoms with Crippen LogP contribution < -0.4 is 10.1 Å². The van der Waals surface area contributed by atoms with Crippen LogP contribution in [0, 0.1) is 0 Å². The molecule has 1 unspecified atom stereocenters. The van der Waals surface area contributed by atoms with E-state index in [4.69, 9.17) is 9.47 Å². The van der Waals surface area contributed by atoms with Gasteiger partial charge in [-0.25, -0.2) is 0 Å². The molecule has 3 heteroatoms. The van der Waals surface area contributed by atoms with Crippen LogP contribution in [0.4, 0.5) is 0 Å². The quantitative estimate of drug-likeness (QED) is 0.887. The van der Waals surface area contributed by atoms with Crippen molar-refractivity contribution < 1.29 is 9.47 Å². The second kappa shape index (κ2) is 4.90. The maximum Gasteiger partial charge on any atom is 0.119 e. The predicted molar refractivity (Wildman–Crippen MR) is 71.1 cm³/mol. The Morgan fingerprint density at radius 1 is 1.33 bits per heavy atom. The number of hydrogen-bond acceptors (Lipinski definition) is 3. The Labute approximate surface area is 108 Å². The van der Waals surface area contributed by atoms with E-state index in [0.717, 1.165) is 25.5 Å². The molecule has 98 valence electrons. The van der Waals surface area contributed by atoms with Gasteiger partial charge in [-0.05, 0) is 37.1 Å². The van der Waals surface area contributed by atoms with Crippen molar-refractivity contribution in [3.05, 3.63) is 29.8 Å². The SMILES string of the molecule is COc1cccc(C2(C3CCCCN3)COC2)c1. The third kappa shape index (κ3) is 1.91. The predicted octanol–water partition coefficient (Wildman–Crippen LogP) is 2.11. The molecule has 1 aromatic carbocycles. The van der Waals surface area contributed by atoms with Gasteiger partial charge in [-0.3, -0.25) is 0 Å². The lowest BCUT2D eigenvalue weighted by Gasteiger charge is -2.49. The van der Waals surface area contributed by atoms with Gasteiger partial charge in [-0.2, -0.15) is 0 Å². The highest BCUT2D eigenvalue weighted by Gasteiger charge is 2.47. The van der Waals surface area contributed by atoms with Crippen molar-refractivity contribution in [3.8, 4) is 5.75 Å². The van der Waals surface area contributed by atoms with Gasteiger partial charge in [0.2, 0.25) is 0 Å². The van der Waals surface area contributed by atoms with Crippen LogP contribution in [-0.4, -0.2) is 32.9 Å². The fourth-order valence-corrected chi connectivity index (χ4v) is 3.15. The van der Waals surface area contributed by atoms with E-state index in [-0.39, 0.29) is 5.41 Å². The van der Waals surface area contributed by atoms with E-state index < -0.39 is 0 Å². The summed E-state index contributed by atoms with van der Waals surface area (Å²) in [6, 6.07) is 9.01. The molecule has 2 fully saturated rings. The normalized spacial score (nSPS) is 26.4. The van der Waals surface area contributed by atoms with Crippen LogP contribution in [0.5, 0.6) is 5.75 Å². The van der Waals surface area contributed by atoms with Gasteiger partial charge in [0.05, 0.1) is 25.7 Å². The minimum Gasteiger partial charge on any atom is -0.497 e. The molecule has 1 N–H and O–H groups in total. The van der Waals surface area contributed by atoms with E-state index >= 15 is 0 Å². The van der Waals surface area contributed by atoms with E-state index in [1.807, 2.05) is 6.07 Å². The number of nitrogens with one attached hydrogen (secondary N) is 1. The minimum absolute atomic E-state index is 0.162. The first kappa shape index (κ1) is 12.0. The Morgan fingerprint density at radius 3 is 2.83 bits per heavy atom.